The van der Waals surface area contributed by atoms with Gasteiger partial charge < -0.3 is 9.51 Å². The standard InChI is InChI=1S/C30H31FN4O.C2H6/c1-20-14-32-9-7-26(20)28-4-2-3-23-11-21(19-36)5-6-27(23)30(28)24-8-10-35-18-25(33-29(35)12-24)17-34-15-22(13-31)16-34;1-2/h5-12,14,18,22,36H,2-4,13,15-17,19H2,1H3;1-2H3. The van der Waals surface area contributed by atoms with E-state index in [0.29, 0.717) is 0 Å². The third-order valence-electron chi connectivity index (χ3n) is 7.58. The number of likely N-dealkylation sites (tertiary alicyclic amines) is 1. The summed E-state index contributed by atoms with van der Waals surface area (Å²) in [4.78, 5) is 11.5. The molecule has 38 heavy (non-hydrogen) atoms. The highest BCUT2D eigenvalue weighted by atomic mass is 19.1. The zero-order valence-corrected chi connectivity index (χ0v) is 22.6. The molecule has 6 rings (SSSR count). The van der Waals surface area contributed by atoms with Gasteiger partial charge in [-0.15, -0.1) is 0 Å². The van der Waals surface area contributed by atoms with Crippen LogP contribution in [-0.4, -0.2) is 44.1 Å². The van der Waals surface area contributed by atoms with E-state index in [4.69, 9.17) is 4.98 Å². The number of aryl methyl sites for hydroxylation is 2. The highest BCUT2D eigenvalue weighted by Gasteiger charge is 2.27. The summed E-state index contributed by atoms with van der Waals surface area (Å²) in [5, 5.41) is 9.74. The van der Waals surface area contributed by atoms with Gasteiger partial charge in [0.25, 0.3) is 0 Å². The largest absolute Gasteiger partial charge is 0.392 e. The summed E-state index contributed by atoms with van der Waals surface area (Å²) in [6.45, 7) is 8.31. The second-order valence-corrected chi connectivity index (χ2v) is 10.2. The van der Waals surface area contributed by atoms with Crippen LogP contribution in [0.15, 0.2) is 61.2 Å². The summed E-state index contributed by atoms with van der Waals surface area (Å²) >= 11 is 0. The normalized spacial score (nSPS) is 16.0. The van der Waals surface area contributed by atoms with Gasteiger partial charge in [-0.05, 0) is 88.9 Å². The summed E-state index contributed by atoms with van der Waals surface area (Å²) in [5.74, 6) is 0.178. The summed E-state index contributed by atoms with van der Waals surface area (Å²) in [6, 6.07) is 12.9. The molecule has 4 heterocycles. The number of alkyl halides is 1. The maximum absolute atomic E-state index is 12.8. The molecule has 0 bridgehead atoms. The van der Waals surface area contributed by atoms with Gasteiger partial charge >= 0.3 is 0 Å². The lowest BCUT2D eigenvalue weighted by atomic mass is 9.87. The average Bonchev–Trinajstić information content (AvgIpc) is 3.23. The number of halogens is 1. The minimum absolute atomic E-state index is 0.0502. The van der Waals surface area contributed by atoms with E-state index < -0.39 is 0 Å². The molecule has 4 aromatic rings. The van der Waals surface area contributed by atoms with Crippen molar-refractivity contribution < 1.29 is 9.50 Å². The number of imidazole rings is 1. The van der Waals surface area contributed by atoms with E-state index in [1.165, 1.54) is 33.4 Å². The molecular weight excluding hydrogens is 475 g/mol. The number of allylic oxidation sites excluding steroid dienone is 1. The van der Waals surface area contributed by atoms with E-state index >= 15 is 0 Å². The number of aliphatic hydroxyl groups excluding tert-OH is 1. The van der Waals surface area contributed by atoms with Crippen molar-refractivity contribution in [2.75, 3.05) is 19.8 Å². The van der Waals surface area contributed by atoms with Crippen LogP contribution in [0.3, 0.4) is 0 Å². The molecule has 1 fully saturated rings. The zero-order chi connectivity index (χ0) is 26.6. The van der Waals surface area contributed by atoms with Crippen LogP contribution >= 0.6 is 0 Å². The molecule has 0 radical (unpaired) electrons. The molecule has 1 aliphatic heterocycles. The summed E-state index contributed by atoms with van der Waals surface area (Å²) in [5.41, 5.74) is 11.5. The summed E-state index contributed by atoms with van der Waals surface area (Å²) < 4.78 is 14.9. The number of aromatic nitrogens is 3. The van der Waals surface area contributed by atoms with Crippen molar-refractivity contribution in [2.45, 2.75) is 53.2 Å². The number of hydrogen-bond donors (Lipinski definition) is 1. The maximum atomic E-state index is 12.8. The number of rotatable bonds is 6. The Balaban J connectivity index is 0.00000144. The quantitative estimate of drug-likeness (QED) is 0.332. The molecule has 5 nitrogen and oxygen atoms in total. The summed E-state index contributed by atoms with van der Waals surface area (Å²) in [7, 11) is 0. The van der Waals surface area contributed by atoms with E-state index in [9.17, 15) is 9.50 Å². The van der Waals surface area contributed by atoms with Crippen LogP contribution in [0.2, 0.25) is 0 Å². The number of aliphatic hydroxyl groups is 1. The number of pyridine rings is 2. The van der Waals surface area contributed by atoms with Crippen molar-refractivity contribution in [1.29, 1.82) is 0 Å². The Morgan fingerprint density at radius 1 is 1.05 bits per heavy atom. The van der Waals surface area contributed by atoms with Gasteiger partial charge in [0.2, 0.25) is 0 Å². The van der Waals surface area contributed by atoms with Gasteiger partial charge in [-0.2, -0.15) is 0 Å². The first-order valence-electron chi connectivity index (χ1n) is 13.8. The van der Waals surface area contributed by atoms with E-state index in [1.54, 1.807) is 0 Å². The predicted octanol–water partition coefficient (Wildman–Crippen LogP) is 6.25. The molecule has 0 saturated carbocycles. The van der Waals surface area contributed by atoms with Crippen LogP contribution in [0, 0.1) is 12.8 Å². The second kappa shape index (κ2) is 11.6. The van der Waals surface area contributed by atoms with Crippen LogP contribution in [0.4, 0.5) is 4.39 Å². The van der Waals surface area contributed by atoms with Crippen molar-refractivity contribution in [3.63, 3.8) is 0 Å². The fourth-order valence-corrected chi connectivity index (χ4v) is 5.75. The van der Waals surface area contributed by atoms with Crippen molar-refractivity contribution >= 4 is 16.8 Å². The van der Waals surface area contributed by atoms with Crippen LogP contribution in [-0.2, 0) is 19.6 Å². The number of hydrogen-bond acceptors (Lipinski definition) is 4. The second-order valence-electron chi connectivity index (χ2n) is 10.2. The topological polar surface area (TPSA) is 53.7 Å². The lowest BCUT2D eigenvalue weighted by molar-refractivity contribution is 0.0727. The summed E-state index contributed by atoms with van der Waals surface area (Å²) in [6.07, 6.45) is 11.0. The first-order valence-corrected chi connectivity index (χ1v) is 13.8. The monoisotopic (exact) mass is 512 g/mol. The van der Waals surface area contributed by atoms with Gasteiger partial charge in [0, 0.05) is 50.3 Å². The fraction of sp³-hybridized carbons (Fsp3) is 0.375. The molecule has 0 unspecified atom stereocenters. The Hall–Kier alpha value is -3.35. The van der Waals surface area contributed by atoms with Gasteiger partial charge in [0.1, 0.15) is 5.65 Å². The van der Waals surface area contributed by atoms with Crippen molar-refractivity contribution in [1.82, 2.24) is 19.3 Å². The van der Waals surface area contributed by atoms with Crippen molar-refractivity contribution in [3.05, 3.63) is 100 Å². The zero-order valence-electron chi connectivity index (χ0n) is 22.6. The minimum atomic E-state index is -0.235. The Kier molecular flexibility index (Phi) is 8.01. The molecule has 198 valence electrons. The van der Waals surface area contributed by atoms with E-state index in [1.807, 2.05) is 32.3 Å². The molecule has 1 aliphatic carbocycles. The minimum Gasteiger partial charge on any atom is -0.392 e. The van der Waals surface area contributed by atoms with Crippen LogP contribution < -0.4 is 0 Å². The lowest BCUT2D eigenvalue weighted by Gasteiger charge is -2.37. The molecule has 6 heteroatoms. The van der Waals surface area contributed by atoms with E-state index in [-0.39, 0.29) is 19.2 Å². The van der Waals surface area contributed by atoms with Crippen LogP contribution in [0.5, 0.6) is 0 Å². The van der Waals surface area contributed by atoms with Crippen molar-refractivity contribution in [3.8, 4) is 0 Å². The highest BCUT2D eigenvalue weighted by molar-refractivity contribution is 6.00. The highest BCUT2D eigenvalue weighted by Crippen LogP contribution is 2.41. The molecule has 1 aromatic carbocycles. The molecule has 0 atom stereocenters. The first-order chi connectivity index (χ1) is 18.6. The molecule has 2 aliphatic rings. The third kappa shape index (κ3) is 5.16. The number of fused-ring (bicyclic) bond motifs is 2. The van der Waals surface area contributed by atoms with Gasteiger partial charge in [-0.25, -0.2) is 4.98 Å². The van der Waals surface area contributed by atoms with E-state index in [2.05, 4.69) is 63.9 Å². The van der Waals surface area contributed by atoms with E-state index in [0.717, 1.165) is 61.4 Å². The Morgan fingerprint density at radius 2 is 1.89 bits per heavy atom. The third-order valence-corrected chi connectivity index (χ3v) is 7.58. The SMILES string of the molecule is CC.Cc1cnccc1C1=C(c2ccn3cc(CN4CC(CF)C4)nc3c2)c2ccc(CO)cc2CCC1. The Bertz CT molecular complexity index is 1450. The molecule has 0 amide bonds. The molecular formula is C32H37FN4O. The molecule has 1 N–H and O–H groups in total. The van der Waals surface area contributed by atoms with Gasteiger partial charge in [-0.3, -0.25) is 14.3 Å². The fourth-order valence-electron chi connectivity index (χ4n) is 5.75. The Morgan fingerprint density at radius 3 is 2.66 bits per heavy atom. The molecule has 1 saturated heterocycles. The predicted molar refractivity (Wildman–Crippen MR) is 151 cm³/mol. The van der Waals surface area contributed by atoms with Gasteiger partial charge in [0.15, 0.2) is 0 Å². The first kappa shape index (κ1) is 26.3. The lowest BCUT2D eigenvalue weighted by Crippen LogP contribution is -2.46. The Labute approximate surface area is 224 Å². The van der Waals surface area contributed by atoms with Gasteiger partial charge in [0.05, 0.1) is 19.0 Å². The maximum Gasteiger partial charge on any atom is 0.137 e. The molecule has 3 aromatic heterocycles. The van der Waals surface area contributed by atoms with Crippen LogP contribution in [0.25, 0.3) is 16.8 Å². The van der Waals surface area contributed by atoms with Crippen molar-refractivity contribution in [2.24, 2.45) is 5.92 Å². The number of benzene rings is 1. The molecule has 0 spiro atoms. The van der Waals surface area contributed by atoms with Crippen LogP contribution in [0.1, 0.15) is 65.8 Å². The van der Waals surface area contributed by atoms with Gasteiger partial charge in [-0.1, -0.05) is 32.0 Å². The smallest absolute Gasteiger partial charge is 0.137 e. The number of nitrogens with zero attached hydrogens (tertiary/aromatic N) is 4. The average molecular weight is 513 g/mol.